The molecule has 5 nitrogen and oxygen atoms in total. The summed E-state index contributed by atoms with van der Waals surface area (Å²) in [6, 6.07) is 38.9. The number of benzene rings is 4. The molecule has 0 aliphatic rings. The molecule has 0 saturated carbocycles. The summed E-state index contributed by atoms with van der Waals surface area (Å²) in [5.74, 6) is 1.29. The first-order chi connectivity index (χ1) is 19.2. The van der Waals surface area contributed by atoms with E-state index < -0.39 is 0 Å². The van der Waals surface area contributed by atoms with Crippen LogP contribution in [0.2, 0.25) is 0 Å². The van der Waals surface area contributed by atoms with Crippen LogP contribution < -0.4 is 4.74 Å². The van der Waals surface area contributed by atoms with Gasteiger partial charge in [0, 0.05) is 34.2 Å². The lowest BCUT2D eigenvalue weighted by atomic mass is 10.0. The molecular weight excluding hydrogens is 484 g/mol. The number of rotatable bonds is 5. The summed E-state index contributed by atoms with van der Waals surface area (Å²) in [5.41, 5.74) is 6.26. The lowest BCUT2D eigenvalue weighted by molar-refractivity contribution is 0.463. The average molecular weight is 507 g/mol. The van der Waals surface area contributed by atoms with Gasteiger partial charge in [0.05, 0.1) is 17.0 Å². The number of furan rings is 1. The number of nitrogens with zero attached hydrogens (tertiary/aromatic N) is 2. The van der Waals surface area contributed by atoms with E-state index in [1.807, 2.05) is 97.1 Å². The van der Waals surface area contributed by atoms with Crippen molar-refractivity contribution in [3.8, 4) is 51.0 Å². The molecule has 0 atom stereocenters. The summed E-state index contributed by atoms with van der Waals surface area (Å²) in [5, 5.41) is 12.9. The van der Waals surface area contributed by atoms with E-state index in [1.54, 1.807) is 12.3 Å². The fourth-order valence-electron chi connectivity index (χ4n) is 4.93. The zero-order valence-corrected chi connectivity index (χ0v) is 20.8. The van der Waals surface area contributed by atoms with E-state index >= 15 is 0 Å². The maximum atomic E-state index is 11.0. The second-order valence-corrected chi connectivity index (χ2v) is 9.19. The molecule has 7 rings (SSSR count). The van der Waals surface area contributed by atoms with E-state index in [4.69, 9.17) is 14.1 Å². The minimum Gasteiger partial charge on any atom is -0.507 e. The topological polar surface area (TPSA) is 68.4 Å². The van der Waals surface area contributed by atoms with Crippen LogP contribution in [0.3, 0.4) is 0 Å². The molecule has 3 aromatic heterocycles. The fourth-order valence-corrected chi connectivity index (χ4v) is 4.93. The number of phenolic OH excluding ortho intramolecular Hbond substituents is 1. The number of pyridine rings is 2. The first-order valence-electron chi connectivity index (χ1n) is 12.6. The van der Waals surface area contributed by atoms with Crippen LogP contribution in [-0.4, -0.2) is 15.1 Å². The van der Waals surface area contributed by atoms with E-state index in [2.05, 4.69) is 23.2 Å². The van der Waals surface area contributed by atoms with Crippen molar-refractivity contribution in [3.05, 3.63) is 128 Å². The molecule has 39 heavy (non-hydrogen) atoms. The zero-order chi connectivity index (χ0) is 26.2. The molecular formula is C34H22N2O3. The Morgan fingerprint density at radius 1 is 0.615 bits per heavy atom. The largest absolute Gasteiger partial charge is 0.507 e. The van der Waals surface area contributed by atoms with Gasteiger partial charge in [0.15, 0.2) is 0 Å². The zero-order valence-electron chi connectivity index (χ0n) is 20.8. The first-order valence-corrected chi connectivity index (χ1v) is 12.6. The molecule has 5 heteroatoms. The lowest BCUT2D eigenvalue weighted by Crippen LogP contribution is -1.91. The highest BCUT2D eigenvalue weighted by Gasteiger charge is 2.19. The average Bonchev–Trinajstić information content (AvgIpc) is 3.37. The molecule has 0 aliphatic heterocycles. The summed E-state index contributed by atoms with van der Waals surface area (Å²) in [6.45, 7) is 0. The van der Waals surface area contributed by atoms with E-state index in [0.29, 0.717) is 28.5 Å². The molecule has 0 bridgehead atoms. The van der Waals surface area contributed by atoms with Crippen LogP contribution in [0, 0.1) is 0 Å². The van der Waals surface area contributed by atoms with Crippen molar-refractivity contribution in [3.63, 3.8) is 0 Å². The minimum atomic E-state index is 0.111. The van der Waals surface area contributed by atoms with Crippen LogP contribution in [0.15, 0.2) is 132 Å². The van der Waals surface area contributed by atoms with E-state index in [1.165, 1.54) is 0 Å². The Hall–Kier alpha value is -5.42. The van der Waals surface area contributed by atoms with Crippen LogP contribution >= 0.6 is 0 Å². The van der Waals surface area contributed by atoms with Crippen molar-refractivity contribution < 1.29 is 14.3 Å². The van der Waals surface area contributed by atoms with Crippen molar-refractivity contribution >= 4 is 21.9 Å². The van der Waals surface area contributed by atoms with Gasteiger partial charge in [-0.3, -0.25) is 0 Å². The predicted octanol–water partition coefficient (Wildman–Crippen LogP) is 8.87. The molecule has 0 aliphatic carbocycles. The van der Waals surface area contributed by atoms with Crippen molar-refractivity contribution in [1.29, 1.82) is 0 Å². The number of hydrogen-bond donors (Lipinski definition) is 1. The van der Waals surface area contributed by atoms with Crippen LogP contribution in [0.25, 0.3) is 55.6 Å². The van der Waals surface area contributed by atoms with Gasteiger partial charge in [-0.1, -0.05) is 72.8 Å². The van der Waals surface area contributed by atoms with Gasteiger partial charge in [-0.15, -0.1) is 0 Å². The fraction of sp³-hybridized carbons (Fsp3) is 0. The van der Waals surface area contributed by atoms with Crippen LogP contribution in [0.5, 0.6) is 17.4 Å². The molecule has 1 N–H and O–H groups in total. The van der Waals surface area contributed by atoms with E-state index in [-0.39, 0.29) is 5.75 Å². The number of aromatic nitrogens is 2. The first kappa shape index (κ1) is 22.8. The van der Waals surface area contributed by atoms with Gasteiger partial charge < -0.3 is 14.3 Å². The predicted molar refractivity (Wildman–Crippen MR) is 154 cm³/mol. The number of phenols is 1. The normalized spacial score (nSPS) is 11.2. The third-order valence-electron chi connectivity index (χ3n) is 6.73. The number of ether oxygens (including phenoxy) is 1. The SMILES string of the molecule is Oc1ccc2c(oc3c(-c4ccccc4)cccc32)c1-c1cccc(-c2cccc(Oc3ccccn3)c2)n1. The Labute approximate surface area is 224 Å². The van der Waals surface area contributed by atoms with Gasteiger partial charge >= 0.3 is 0 Å². The van der Waals surface area contributed by atoms with Gasteiger partial charge in [0.25, 0.3) is 0 Å². The summed E-state index contributed by atoms with van der Waals surface area (Å²) in [6.07, 6.45) is 1.69. The molecule has 0 fully saturated rings. The Morgan fingerprint density at radius 2 is 1.38 bits per heavy atom. The molecule has 0 radical (unpaired) electrons. The Balaban J connectivity index is 1.34. The van der Waals surface area contributed by atoms with Gasteiger partial charge in [-0.2, -0.15) is 0 Å². The molecule has 7 aromatic rings. The smallest absolute Gasteiger partial charge is 0.219 e. The van der Waals surface area contributed by atoms with Gasteiger partial charge in [0.2, 0.25) is 5.88 Å². The second kappa shape index (κ2) is 9.47. The molecule has 4 aromatic carbocycles. The molecule has 0 saturated heterocycles. The van der Waals surface area contributed by atoms with Crippen molar-refractivity contribution in [1.82, 2.24) is 9.97 Å². The quantitative estimate of drug-likeness (QED) is 0.252. The van der Waals surface area contributed by atoms with Crippen molar-refractivity contribution in [2.75, 3.05) is 0 Å². The number of para-hydroxylation sites is 1. The van der Waals surface area contributed by atoms with Crippen LogP contribution in [0.1, 0.15) is 0 Å². The molecule has 3 heterocycles. The number of fused-ring (bicyclic) bond motifs is 3. The Kier molecular flexibility index (Phi) is 5.52. The third-order valence-corrected chi connectivity index (χ3v) is 6.73. The van der Waals surface area contributed by atoms with E-state index in [9.17, 15) is 5.11 Å². The highest BCUT2D eigenvalue weighted by Crippen LogP contribution is 2.43. The summed E-state index contributed by atoms with van der Waals surface area (Å²) < 4.78 is 12.4. The lowest BCUT2D eigenvalue weighted by Gasteiger charge is -2.09. The monoisotopic (exact) mass is 506 g/mol. The van der Waals surface area contributed by atoms with Crippen molar-refractivity contribution in [2.45, 2.75) is 0 Å². The summed E-state index contributed by atoms with van der Waals surface area (Å²) >= 11 is 0. The summed E-state index contributed by atoms with van der Waals surface area (Å²) in [7, 11) is 0. The minimum absolute atomic E-state index is 0.111. The summed E-state index contributed by atoms with van der Waals surface area (Å²) in [4.78, 5) is 9.17. The second-order valence-electron chi connectivity index (χ2n) is 9.19. The highest BCUT2D eigenvalue weighted by molar-refractivity contribution is 6.13. The number of hydrogen-bond acceptors (Lipinski definition) is 5. The van der Waals surface area contributed by atoms with Gasteiger partial charge in [-0.25, -0.2) is 9.97 Å². The molecule has 0 amide bonds. The molecule has 0 spiro atoms. The van der Waals surface area contributed by atoms with Gasteiger partial charge in [0.1, 0.15) is 22.7 Å². The molecule has 186 valence electrons. The van der Waals surface area contributed by atoms with Crippen LogP contribution in [-0.2, 0) is 0 Å². The van der Waals surface area contributed by atoms with E-state index in [0.717, 1.165) is 38.7 Å². The highest BCUT2D eigenvalue weighted by atomic mass is 16.5. The maximum absolute atomic E-state index is 11.0. The third kappa shape index (κ3) is 4.16. The van der Waals surface area contributed by atoms with Gasteiger partial charge in [-0.05, 0) is 48.0 Å². The standard InChI is InChI=1S/C34H22N2O3/c37-30-19-18-27-26-14-7-13-25(22-9-2-1-3-10-22)33(26)39-34(27)32(30)29-16-8-15-28(36-29)23-11-6-12-24(21-23)38-31-17-4-5-20-35-31/h1-21,37H. The van der Waals surface area contributed by atoms with Crippen molar-refractivity contribution in [2.24, 2.45) is 0 Å². The maximum Gasteiger partial charge on any atom is 0.219 e. The Bertz CT molecular complexity index is 1950. The Morgan fingerprint density at radius 3 is 2.26 bits per heavy atom. The number of aromatic hydroxyl groups is 1. The molecule has 0 unspecified atom stereocenters. The van der Waals surface area contributed by atoms with Crippen LogP contribution in [0.4, 0.5) is 0 Å².